The maximum Gasteiger partial charge on any atom is 0.522 e. The summed E-state index contributed by atoms with van der Waals surface area (Å²) in [5.74, 6) is -1.14. The van der Waals surface area contributed by atoms with E-state index in [2.05, 4.69) is 19.8 Å². The van der Waals surface area contributed by atoms with Crippen molar-refractivity contribution in [3.05, 3.63) is 80.6 Å². The minimum Gasteiger partial charge on any atom is -0.397 e. The number of halogens is 10. The summed E-state index contributed by atoms with van der Waals surface area (Å²) in [7, 11) is 0. The molecule has 0 radical (unpaired) electrons. The van der Waals surface area contributed by atoms with Gasteiger partial charge in [0, 0.05) is 25.1 Å². The number of unbranched alkanes of at least 4 members (excludes halogenated alkanes) is 2. The highest BCUT2D eigenvalue weighted by atomic mass is 19.4. The molecule has 0 saturated heterocycles. The second-order valence-electron chi connectivity index (χ2n) is 8.91. The van der Waals surface area contributed by atoms with E-state index >= 15 is 0 Å². The number of hydrogen-bond acceptors (Lipinski definition) is 7. The number of nitrogen functional groups attached to an aromatic ring is 1. The number of H-pyrrole nitrogens is 1. The smallest absolute Gasteiger partial charge is 0.397 e. The molecule has 0 aliphatic heterocycles. The van der Waals surface area contributed by atoms with Gasteiger partial charge in [0.25, 0.3) is 11.1 Å². The van der Waals surface area contributed by atoms with E-state index in [9.17, 15) is 53.5 Å². The van der Waals surface area contributed by atoms with E-state index in [1.54, 1.807) is 5.10 Å². The summed E-state index contributed by atoms with van der Waals surface area (Å²) in [5.41, 5.74) is -0.246. The molecular weight excluding hydrogens is 622 g/mol. The average Bonchev–Trinajstić information content (AvgIpc) is 2.90. The van der Waals surface area contributed by atoms with E-state index in [1.165, 1.54) is 22.9 Å². The van der Waals surface area contributed by atoms with Crippen molar-refractivity contribution in [3.8, 4) is 11.4 Å². The molecule has 0 amide bonds. The number of hydrogen-bond donors (Lipinski definition) is 2. The Morgan fingerprint density at radius 1 is 0.886 bits per heavy atom. The number of fused-ring (bicyclic) bond motifs is 1. The lowest BCUT2D eigenvalue weighted by atomic mass is 10.1. The number of anilines is 1. The fourth-order valence-corrected chi connectivity index (χ4v) is 3.72. The summed E-state index contributed by atoms with van der Waals surface area (Å²) in [4.78, 5) is 30.3. The van der Waals surface area contributed by atoms with Gasteiger partial charge < -0.3 is 10.3 Å². The molecule has 0 atom stereocenters. The van der Waals surface area contributed by atoms with Gasteiger partial charge >= 0.3 is 18.7 Å². The van der Waals surface area contributed by atoms with E-state index in [0.717, 1.165) is 12.3 Å². The first kappa shape index (κ1) is 33.9. The van der Waals surface area contributed by atoms with Gasteiger partial charge in [0.2, 0.25) is 0 Å². The fourth-order valence-electron chi connectivity index (χ4n) is 3.72. The van der Waals surface area contributed by atoms with Crippen molar-refractivity contribution in [2.75, 3.05) is 12.3 Å². The van der Waals surface area contributed by atoms with Crippen molar-refractivity contribution in [1.82, 2.24) is 24.7 Å². The Labute approximate surface area is 239 Å². The zero-order valence-corrected chi connectivity index (χ0v) is 21.9. The van der Waals surface area contributed by atoms with E-state index in [1.807, 2.05) is 0 Å². The average molecular weight is 642 g/mol. The predicted molar refractivity (Wildman–Crippen MR) is 134 cm³/mol. The molecule has 3 heterocycles. The summed E-state index contributed by atoms with van der Waals surface area (Å²) < 4.78 is 129. The molecule has 0 spiro atoms. The van der Waals surface area contributed by atoms with Crippen LogP contribution in [0.15, 0.2) is 52.6 Å². The highest BCUT2D eigenvalue weighted by Gasteiger charge is 2.36. The van der Waals surface area contributed by atoms with Crippen molar-refractivity contribution in [1.29, 1.82) is 0 Å². The molecular formula is C25H20F10N6O3. The molecule has 4 rings (SSSR count). The summed E-state index contributed by atoms with van der Waals surface area (Å²) in [6.07, 6.45) is -9.80. The Bertz CT molecular complexity index is 1700. The maximum absolute atomic E-state index is 14.6. The molecule has 0 aliphatic carbocycles. The SMILES string of the molecule is Nc1cn[nH]c(=O)c1C(F)(F)F.O=c1c2cc(F)c(-c3ncc(C(F)(F)F)cn3)cc2ccn1CCCCCOC(F)(F)F. The number of pyridine rings is 1. The van der Waals surface area contributed by atoms with Gasteiger partial charge in [-0.1, -0.05) is 0 Å². The van der Waals surface area contributed by atoms with Gasteiger partial charge in [-0.2, -0.15) is 31.4 Å². The number of ether oxygens (including phenoxy) is 1. The van der Waals surface area contributed by atoms with Crippen LogP contribution in [0.4, 0.5) is 49.6 Å². The lowest BCUT2D eigenvalue weighted by Crippen LogP contribution is -2.24. The number of aromatic amines is 1. The number of nitrogens with one attached hydrogen (secondary N) is 1. The zero-order valence-electron chi connectivity index (χ0n) is 21.9. The van der Waals surface area contributed by atoms with Gasteiger partial charge in [-0.05, 0) is 42.8 Å². The van der Waals surface area contributed by atoms with Crippen LogP contribution in [0.3, 0.4) is 0 Å². The Morgan fingerprint density at radius 3 is 2.09 bits per heavy atom. The van der Waals surface area contributed by atoms with E-state index < -0.39 is 59.1 Å². The number of benzene rings is 1. The first-order valence-electron chi connectivity index (χ1n) is 12.2. The number of alkyl halides is 9. The third kappa shape index (κ3) is 8.98. The Balaban J connectivity index is 0.000000369. The number of aromatic nitrogens is 5. The van der Waals surface area contributed by atoms with Crippen molar-refractivity contribution >= 4 is 16.5 Å². The van der Waals surface area contributed by atoms with E-state index in [0.29, 0.717) is 30.6 Å². The summed E-state index contributed by atoms with van der Waals surface area (Å²) in [5, 5.41) is 5.12. The maximum atomic E-state index is 14.6. The summed E-state index contributed by atoms with van der Waals surface area (Å²) >= 11 is 0. The van der Waals surface area contributed by atoms with Crippen LogP contribution in [0.1, 0.15) is 30.4 Å². The molecule has 3 aromatic heterocycles. The van der Waals surface area contributed by atoms with E-state index in [-0.39, 0.29) is 29.7 Å². The highest BCUT2D eigenvalue weighted by molar-refractivity contribution is 5.85. The topological polar surface area (TPSA) is 129 Å². The monoisotopic (exact) mass is 642 g/mol. The molecule has 1 aromatic carbocycles. The molecule has 238 valence electrons. The number of nitrogens with zero attached hydrogens (tertiary/aromatic N) is 4. The molecule has 44 heavy (non-hydrogen) atoms. The molecule has 0 aliphatic rings. The van der Waals surface area contributed by atoms with Crippen LogP contribution in [0.5, 0.6) is 0 Å². The molecule has 0 unspecified atom stereocenters. The van der Waals surface area contributed by atoms with Crippen molar-refractivity contribution in [2.45, 2.75) is 44.5 Å². The van der Waals surface area contributed by atoms with Crippen molar-refractivity contribution in [2.24, 2.45) is 0 Å². The first-order chi connectivity index (χ1) is 20.4. The van der Waals surface area contributed by atoms with Gasteiger partial charge in [0.05, 0.1) is 35.0 Å². The Hall–Kier alpha value is -4.55. The quantitative estimate of drug-likeness (QED) is 0.196. The van der Waals surface area contributed by atoms with Crippen LogP contribution < -0.4 is 16.9 Å². The third-order valence-corrected chi connectivity index (χ3v) is 5.76. The lowest BCUT2D eigenvalue weighted by Gasteiger charge is -2.10. The number of rotatable bonds is 7. The third-order valence-electron chi connectivity index (χ3n) is 5.76. The molecule has 0 fully saturated rings. The molecule has 4 aromatic rings. The number of aryl methyl sites for hydroxylation is 1. The van der Waals surface area contributed by atoms with Crippen LogP contribution in [0.25, 0.3) is 22.2 Å². The Morgan fingerprint density at radius 2 is 1.55 bits per heavy atom. The standard InChI is InChI=1S/C20H16F7N3O2.C5H4F3N3O/c21-16-9-14-12(8-15(16)17-28-10-13(11-29-17)19(22,23)24)4-6-30(18(14)31)5-2-1-3-7-32-20(25,26)27;6-5(7,8)3-2(9)1-10-11-4(3)12/h4,6,8-11H,1-3,5,7H2;1H,(H3,9,11,12). The van der Waals surface area contributed by atoms with Crippen LogP contribution >= 0.6 is 0 Å². The van der Waals surface area contributed by atoms with Gasteiger partial charge in [-0.15, -0.1) is 13.2 Å². The molecule has 9 nitrogen and oxygen atoms in total. The van der Waals surface area contributed by atoms with E-state index in [4.69, 9.17) is 5.73 Å². The van der Waals surface area contributed by atoms with Gasteiger partial charge in [0.15, 0.2) is 5.82 Å². The zero-order chi connectivity index (χ0) is 32.9. The van der Waals surface area contributed by atoms with Gasteiger partial charge in [-0.25, -0.2) is 19.5 Å². The van der Waals surface area contributed by atoms with Gasteiger partial charge in [-0.3, -0.25) is 14.3 Å². The fraction of sp³-hybridized carbons (Fsp3) is 0.320. The van der Waals surface area contributed by atoms with Crippen LogP contribution in [-0.4, -0.2) is 37.7 Å². The van der Waals surface area contributed by atoms with Gasteiger partial charge in [0.1, 0.15) is 11.4 Å². The second-order valence-corrected chi connectivity index (χ2v) is 8.91. The summed E-state index contributed by atoms with van der Waals surface area (Å²) in [6.45, 7) is -0.262. The molecule has 0 bridgehead atoms. The first-order valence-corrected chi connectivity index (χ1v) is 12.2. The lowest BCUT2D eigenvalue weighted by molar-refractivity contribution is -0.324. The molecule has 0 saturated carbocycles. The van der Waals surface area contributed by atoms with Crippen LogP contribution in [0.2, 0.25) is 0 Å². The van der Waals surface area contributed by atoms with Crippen molar-refractivity contribution < 1.29 is 48.6 Å². The van der Waals surface area contributed by atoms with Crippen molar-refractivity contribution in [3.63, 3.8) is 0 Å². The minimum atomic E-state index is -4.74. The summed E-state index contributed by atoms with van der Waals surface area (Å²) in [6, 6.07) is 3.76. The number of nitrogens with two attached hydrogens (primary N) is 1. The van der Waals surface area contributed by atoms with Crippen LogP contribution in [-0.2, 0) is 23.6 Å². The normalized spacial score (nSPS) is 12.2. The second kappa shape index (κ2) is 13.4. The minimum absolute atomic E-state index is 0.0427. The van der Waals surface area contributed by atoms with Crippen LogP contribution in [0, 0.1) is 5.82 Å². The predicted octanol–water partition coefficient (Wildman–Crippen LogP) is 5.69. The largest absolute Gasteiger partial charge is 0.522 e. The molecule has 3 N–H and O–H groups in total. The molecule has 19 heteroatoms. The highest BCUT2D eigenvalue weighted by Crippen LogP contribution is 2.31. The Kier molecular flexibility index (Phi) is 10.3.